The largest absolute Gasteiger partial charge is 0.0622 e. The first-order valence-corrected chi connectivity index (χ1v) is 21.2. The first kappa shape index (κ1) is 41.9. The summed E-state index contributed by atoms with van der Waals surface area (Å²) in [7, 11) is 0. The summed E-state index contributed by atoms with van der Waals surface area (Å²) in [5.74, 6) is 0. The zero-order valence-electron chi connectivity index (χ0n) is 36.0. The Bertz CT molecular complexity index is 3030. The molecule has 11 aromatic carbocycles. The van der Waals surface area contributed by atoms with Gasteiger partial charge in [-0.1, -0.05) is 242 Å². The molecule has 0 atom stereocenters. The molecule has 61 heavy (non-hydrogen) atoms. The van der Waals surface area contributed by atoms with Crippen LogP contribution in [0.2, 0.25) is 0 Å². The predicted molar refractivity (Wildman–Crippen MR) is 269 cm³/mol. The Hall–Kier alpha value is -7.28. The lowest BCUT2D eigenvalue weighted by Gasteiger charge is -2.06. The number of hydrogen-bond donors (Lipinski definition) is 0. The molecule has 0 nitrogen and oxygen atoms in total. The van der Waals surface area contributed by atoms with E-state index in [1.165, 1.54) is 92.8 Å². The van der Waals surface area contributed by atoms with Gasteiger partial charge < -0.3 is 0 Å². The molecule has 0 saturated carbocycles. The second kappa shape index (κ2) is 20.6. The molecule has 0 heterocycles. The molecule has 0 unspecified atom stereocenters. The third-order valence-electron chi connectivity index (χ3n) is 11.1. The van der Waals surface area contributed by atoms with E-state index in [0.29, 0.717) is 0 Å². The number of benzene rings is 11. The molecule has 0 spiro atoms. The number of fused-ring (bicyclic) bond motifs is 6. The Morgan fingerprint density at radius 1 is 0.213 bits per heavy atom. The van der Waals surface area contributed by atoms with Crippen LogP contribution < -0.4 is 0 Å². The molecule has 0 N–H and O–H groups in total. The van der Waals surface area contributed by atoms with Crippen molar-refractivity contribution in [3.05, 3.63) is 264 Å². The van der Waals surface area contributed by atoms with Crippen molar-refractivity contribution in [3.63, 3.8) is 0 Å². The first-order valence-electron chi connectivity index (χ1n) is 21.2. The Morgan fingerprint density at radius 3 is 1.15 bits per heavy atom. The SMILES string of the molecule is Cc1c2ccccc2cc2ccccc12.Cc1cc2ccccc2c2ccccc12.Cc1ccc(-c2ccccc2)cc1.Cc1cccc2ccccc12.Cc1ccccc1. The molecule has 0 saturated heterocycles. The van der Waals surface area contributed by atoms with Crippen molar-refractivity contribution >= 4 is 53.9 Å². The molecule has 11 aromatic rings. The van der Waals surface area contributed by atoms with Gasteiger partial charge in [-0.25, -0.2) is 0 Å². The maximum Gasteiger partial charge on any atom is -0.0103 e. The lowest BCUT2D eigenvalue weighted by atomic mass is 9.98. The van der Waals surface area contributed by atoms with Crippen molar-refractivity contribution in [2.45, 2.75) is 34.6 Å². The molecular formula is C61H54. The lowest BCUT2D eigenvalue weighted by molar-refractivity contribution is 1.47. The molecule has 0 heteroatoms. The number of aryl methyl sites for hydroxylation is 5. The van der Waals surface area contributed by atoms with Crippen LogP contribution in [0, 0.1) is 34.6 Å². The van der Waals surface area contributed by atoms with Gasteiger partial charge in [-0.05, 0) is 122 Å². The normalized spacial score (nSPS) is 10.4. The van der Waals surface area contributed by atoms with E-state index in [4.69, 9.17) is 0 Å². The fourth-order valence-electron chi connectivity index (χ4n) is 7.78. The number of rotatable bonds is 1. The molecule has 0 fully saturated rings. The summed E-state index contributed by atoms with van der Waals surface area (Å²) in [5.41, 5.74) is 9.27. The zero-order chi connectivity index (χ0) is 42.4. The van der Waals surface area contributed by atoms with Crippen LogP contribution in [-0.4, -0.2) is 0 Å². The van der Waals surface area contributed by atoms with Crippen LogP contribution in [0.25, 0.3) is 65.0 Å². The van der Waals surface area contributed by atoms with E-state index in [0.717, 1.165) is 0 Å². The Labute approximate surface area is 362 Å². The van der Waals surface area contributed by atoms with Gasteiger partial charge in [-0.15, -0.1) is 0 Å². The standard InChI is InChI=1S/2C15H12.C13H12.C11H10.C7H8/c1-11-14-8-4-2-6-12(14)10-13-7-3-5-9-15(11)13;1-11-10-12-6-2-3-8-14(12)15-9-5-4-7-13(11)15;1-11-7-9-13(10-8-11)12-5-3-2-4-6-12;1-9-5-4-7-10-6-2-3-8-11(9)10;1-7-5-3-2-4-6-7/h2*2-10H,1H3;2-10H,1H3;2-8H,1H3;2-6H,1H3. The number of hydrogen-bond acceptors (Lipinski definition) is 0. The maximum atomic E-state index is 2.26. The highest BCUT2D eigenvalue weighted by Gasteiger charge is 2.03. The fourth-order valence-corrected chi connectivity index (χ4v) is 7.78. The van der Waals surface area contributed by atoms with Gasteiger partial charge >= 0.3 is 0 Å². The maximum absolute atomic E-state index is 2.26. The van der Waals surface area contributed by atoms with Crippen molar-refractivity contribution in [1.29, 1.82) is 0 Å². The fraction of sp³-hybridized carbons (Fsp3) is 0.0820. The van der Waals surface area contributed by atoms with Crippen LogP contribution >= 0.6 is 0 Å². The van der Waals surface area contributed by atoms with Gasteiger partial charge in [0.1, 0.15) is 0 Å². The molecule has 0 radical (unpaired) electrons. The van der Waals surface area contributed by atoms with Crippen molar-refractivity contribution < 1.29 is 0 Å². The summed E-state index contributed by atoms with van der Waals surface area (Å²) in [6, 6.07) is 82.9. The highest BCUT2D eigenvalue weighted by atomic mass is 14.1. The quantitative estimate of drug-likeness (QED) is 0.115. The van der Waals surface area contributed by atoms with Crippen LogP contribution in [0.3, 0.4) is 0 Å². The minimum absolute atomic E-state index is 1.28. The summed E-state index contributed by atoms with van der Waals surface area (Å²) in [4.78, 5) is 0. The Kier molecular flexibility index (Phi) is 14.1. The van der Waals surface area contributed by atoms with Gasteiger partial charge in [0.25, 0.3) is 0 Å². The highest BCUT2D eigenvalue weighted by molar-refractivity contribution is 6.08. The van der Waals surface area contributed by atoms with Crippen LogP contribution in [0.1, 0.15) is 27.8 Å². The van der Waals surface area contributed by atoms with E-state index in [9.17, 15) is 0 Å². The predicted octanol–water partition coefficient (Wildman–Crippen LogP) is 17.4. The van der Waals surface area contributed by atoms with Crippen molar-refractivity contribution in [2.24, 2.45) is 0 Å². The summed E-state index contributed by atoms with van der Waals surface area (Å²) in [5, 5.41) is 13.4. The van der Waals surface area contributed by atoms with Gasteiger partial charge in [0, 0.05) is 0 Å². The van der Waals surface area contributed by atoms with Crippen molar-refractivity contribution in [3.8, 4) is 11.1 Å². The van der Waals surface area contributed by atoms with Crippen LogP contribution in [0.5, 0.6) is 0 Å². The third kappa shape index (κ3) is 10.9. The Balaban J connectivity index is 0.000000117. The highest BCUT2D eigenvalue weighted by Crippen LogP contribution is 2.29. The molecule has 0 aromatic heterocycles. The Morgan fingerprint density at radius 2 is 0.607 bits per heavy atom. The zero-order valence-corrected chi connectivity index (χ0v) is 36.0. The van der Waals surface area contributed by atoms with Crippen molar-refractivity contribution in [1.82, 2.24) is 0 Å². The molecule has 0 aliphatic carbocycles. The third-order valence-corrected chi connectivity index (χ3v) is 11.1. The minimum Gasteiger partial charge on any atom is -0.0622 e. The van der Waals surface area contributed by atoms with E-state index in [1.54, 1.807) is 0 Å². The van der Waals surface area contributed by atoms with E-state index in [-0.39, 0.29) is 0 Å². The second-order valence-corrected chi connectivity index (χ2v) is 15.6. The first-order chi connectivity index (χ1) is 29.9. The van der Waals surface area contributed by atoms with Gasteiger partial charge in [0.05, 0.1) is 0 Å². The summed E-state index contributed by atoms with van der Waals surface area (Å²) in [6.07, 6.45) is 0. The summed E-state index contributed by atoms with van der Waals surface area (Å²) in [6.45, 7) is 10.7. The molecule has 0 aliphatic rings. The van der Waals surface area contributed by atoms with E-state index in [2.05, 4.69) is 247 Å². The van der Waals surface area contributed by atoms with E-state index < -0.39 is 0 Å². The molecule has 11 rings (SSSR count). The summed E-state index contributed by atoms with van der Waals surface area (Å²) >= 11 is 0. The topological polar surface area (TPSA) is 0 Å². The van der Waals surface area contributed by atoms with Crippen LogP contribution in [-0.2, 0) is 0 Å². The second-order valence-electron chi connectivity index (χ2n) is 15.6. The molecule has 0 amide bonds. The van der Waals surface area contributed by atoms with Crippen molar-refractivity contribution in [2.75, 3.05) is 0 Å². The molecular weight excluding hydrogens is 733 g/mol. The van der Waals surface area contributed by atoms with Gasteiger partial charge in [-0.3, -0.25) is 0 Å². The average molecular weight is 787 g/mol. The molecule has 298 valence electrons. The van der Waals surface area contributed by atoms with Crippen LogP contribution in [0.15, 0.2) is 237 Å². The average Bonchev–Trinajstić information content (AvgIpc) is 3.31. The summed E-state index contributed by atoms with van der Waals surface area (Å²) < 4.78 is 0. The monoisotopic (exact) mass is 786 g/mol. The molecule has 0 bridgehead atoms. The molecule has 0 aliphatic heterocycles. The van der Waals surface area contributed by atoms with Crippen LogP contribution in [0.4, 0.5) is 0 Å². The smallest absolute Gasteiger partial charge is 0.0103 e. The van der Waals surface area contributed by atoms with E-state index >= 15 is 0 Å². The minimum atomic E-state index is 1.28. The van der Waals surface area contributed by atoms with E-state index in [1.807, 2.05) is 24.3 Å². The van der Waals surface area contributed by atoms with Gasteiger partial charge in [0.15, 0.2) is 0 Å². The van der Waals surface area contributed by atoms with Gasteiger partial charge in [-0.2, -0.15) is 0 Å². The van der Waals surface area contributed by atoms with Gasteiger partial charge in [0.2, 0.25) is 0 Å². The lowest BCUT2D eigenvalue weighted by Crippen LogP contribution is -1.81.